The number of pyridine rings is 1. The van der Waals surface area contributed by atoms with E-state index in [0.717, 1.165) is 17.1 Å². The van der Waals surface area contributed by atoms with E-state index in [1.54, 1.807) is 0 Å². The fourth-order valence-corrected chi connectivity index (χ4v) is 2.40. The summed E-state index contributed by atoms with van der Waals surface area (Å²) in [6, 6.07) is 10.8. The van der Waals surface area contributed by atoms with Gasteiger partial charge in [-0.2, -0.15) is 0 Å². The highest BCUT2D eigenvalue weighted by molar-refractivity contribution is 5.99. The van der Waals surface area contributed by atoms with Crippen LogP contribution in [0.4, 0.5) is 5.82 Å². The van der Waals surface area contributed by atoms with Crippen molar-refractivity contribution in [2.75, 3.05) is 0 Å². The molecule has 1 aliphatic rings. The van der Waals surface area contributed by atoms with E-state index in [-0.39, 0.29) is 5.41 Å². The Balaban J connectivity index is 2.10. The van der Waals surface area contributed by atoms with Crippen LogP contribution in [-0.2, 0) is 5.41 Å². The average Bonchev–Trinajstić information content (AvgIpc) is 2.61. The summed E-state index contributed by atoms with van der Waals surface area (Å²) in [5.74, 6) is 0.873. The van der Waals surface area contributed by atoms with Gasteiger partial charge in [0.25, 0.3) is 0 Å². The molecule has 1 aliphatic heterocycles. The van der Waals surface area contributed by atoms with E-state index in [9.17, 15) is 0 Å². The third kappa shape index (κ3) is 1.88. The molecule has 2 heteroatoms. The Hall–Kier alpha value is -1.96. The summed E-state index contributed by atoms with van der Waals surface area (Å²) in [6.07, 6.45) is 1.92. The number of nitrogens with zero attached hydrogens (tertiary/aromatic N) is 2. The molecule has 1 aromatic carbocycles. The third-order valence-electron chi connectivity index (χ3n) is 4.10. The number of hydrogen-bond donors (Lipinski definition) is 0. The minimum Gasteiger partial charge on any atom is -0.237 e. The summed E-state index contributed by atoms with van der Waals surface area (Å²) >= 11 is 0. The highest BCUT2D eigenvalue weighted by atomic mass is 14.9. The SMILES string of the molecule is CC1=Nc2ncc(-c3ccc(C)cc3)cc2C1(C)C. The van der Waals surface area contributed by atoms with Crippen LogP contribution in [0.2, 0.25) is 0 Å². The Morgan fingerprint density at radius 1 is 0.947 bits per heavy atom. The molecule has 3 rings (SSSR count). The zero-order valence-electron chi connectivity index (χ0n) is 11.9. The molecule has 0 saturated carbocycles. The van der Waals surface area contributed by atoms with E-state index < -0.39 is 0 Å². The Morgan fingerprint density at radius 3 is 2.32 bits per heavy atom. The molecule has 0 spiro atoms. The molecule has 0 aliphatic carbocycles. The van der Waals surface area contributed by atoms with Gasteiger partial charge in [0.15, 0.2) is 5.82 Å². The number of hydrogen-bond acceptors (Lipinski definition) is 2. The minimum absolute atomic E-state index is 0.0109. The normalized spacial score (nSPS) is 16.1. The van der Waals surface area contributed by atoms with E-state index in [1.807, 2.05) is 6.20 Å². The quantitative estimate of drug-likeness (QED) is 0.734. The molecule has 19 heavy (non-hydrogen) atoms. The minimum atomic E-state index is -0.0109. The van der Waals surface area contributed by atoms with Gasteiger partial charge >= 0.3 is 0 Å². The predicted octanol–water partition coefficient (Wildman–Crippen LogP) is 4.44. The zero-order valence-corrected chi connectivity index (χ0v) is 11.9. The van der Waals surface area contributed by atoms with Gasteiger partial charge in [-0.25, -0.2) is 9.98 Å². The van der Waals surface area contributed by atoms with Crippen molar-refractivity contribution >= 4 is 11.5 Å². The molecule has 96 valence electrons. The molecule has 0 radical (unpaired) electrons. The number of aliphatic imine (C=N–C) groups is 1. The van der Waals surface area contributed by atoms with Crippen molar-refractivity contribution in [2.45, 2.75) is 33.1 Å². The van der Waals surface area contributed by atoms with Crippen LogP contribution in [0.1, 0.15) is 31.9 Å². The Kier molecular flexibility index (Phi) is 2.56. The molecular weight excluding hydrogens is 232 g/mol. The Morgan fingerprint density at radius 2 is 1.63 bits per heavy atom. The molecule has 0 saturated heterocycles. The van der Waals surface area contributed by atoms with Crippen molar-refractivity contribution in [1.82, 2.24) is 4.98 Å². The maximum atomic E-state index is 4.56. The standard InChI is InChI=1S/C17H18N2/c1-11-5-7-13(8-6-11)14-9-15-16(18-10-14)19-12(2)17(15,3)4/h5-10H,1-4H3. The van der Waals surface area contributed by atoms with Gasteiger partial charge in [0.2, 0.25) is 0 Å². The van der Waals surface area contributed by atoms with E-state index in [1.165, 1.54) is 16.7 Å². The van der Waals surface area contributed by atoms with Crippen LogP contribution in [0.25, 0.3) is 11.1 Å². The lowest BCUT2D eigenvalue weighted by Crippen LogP contribution is -2.22. The molecule has 1 aromatic heterocycles. The number of aryl methyl sites for hydroxylation is 1. The molecule has 2 nitrogen and oxygen atoms in total. The van der Waals surface area contributed by atoms with Crippen molar-refractivity contribution in [2.24, 2.45) is 4.99 Å². The first-order chi connectivity index (χ1) is 8.98. The highest BCUT2D eigenvalue weighted by Gasteiger charge is 2.33. The first-order valence-electron chi connectivity index (χ1n) is 6.62. The molecule has 0 unspecified atom stereocenters. The van der Waals surface area contributed by atoms with Gasteiger partial charge in [0.1, 0.15) is 0 Å². The lowest BCUT2D eigenvalue weighted by Gasteiger charge is -2.20. The summed E-state index contributed by atoms with van der Waals surface area (Å²) in [7, 11) is 0. The van der Waals surface area contributed by atoms with Gasteiger partial charge in [0.05, 0.1) is 0 Å². The predicted molar refractivity (Wildman–Crippen MR) is 80.2 cm³/mol. The molecule has 0 fully saturated rings. The van der Waals surface area contributed by atoms with Crippen LogP contribution < -0.4 is 0 Å². The number of aromatic nitrogens is 1. The van der Waals surface area contributed by atoms with E-state index in [4.69, 9.17) is 0 Å². The Bertz CT molecular complexity index is 664. The van der Waals surface area contributed by atoms with Gasteiger partial charge < -0.3 is 0 Å². The second-order valence-corrected chi connectivity index (χ2v) is 5.78. The first-order valence-corrected chi connectivity index (χ1v) is 6.62. The number of benzene rings is 1. The highest BCUT2D eigenvalue weighted by Crippen LogP contribution is 2.40. The van der Waals surface area contributed by atoms with E-state index in [0.29, 0.717) is 0 Å². The van der Waals surface area contributed by atoms with Gasteiger partial charge in [-0.3, -0.25) is 0 Å². The van der Waals surface area contributed by atoms with Crippen molar-refractivity contribution < 1.29 is 0 Å². The van der Waals surface area contributed by atoms with Crippen molar-refractivity contribution in [1.29, 1.82) is 0 Å². The van der Waals surface area contributed by atoms with Gasteiger partial charge in [-0.05, 0) is 25.5 Å². The van der Waals surface area contributed by atoms with Crippen LogP contribution in [-0.4, -0.2) is 10.7 Å². The van der Waals surface area contributed by atoms with Crippen molar-refractivity contribution in [3.05, 3.63) is 47.7 Å². The smallest absolute Gasteiger partial charge is 0.155 e. The maximum Gasteiger partial charge on any atom is 0.155 e. The third-order valence-corrected chi connectivity index (χ3v) is 4.10. The summed E-state index contributed by atoms with van der Waals surface area (Å²) in [4.78, 5) is 9.08. The van der Waals surface area contributed by atoms with Crippen molar-refractivity contribution in [3.63, 3.8) is 0 Å². The molecule has 0 amide bonds. The molecule has 2 heterocycles. The van der Waals surface area contributed by atoms with Gasteiger partial charge in [-0.15, -0.1) is 0 Å². The second-order valence-electron chi connectivity index (χ2n) is 5.78. The lowest BCUT2D eigenvalue weighted by molar-refractivity contribution is 0.731. The summed E-state index contributed by atoms with van der Waals surface area (Å²) < 4.78 is 0. The number of fused-ring (bicyclic) bond motifs is 1. The monoisotopic (exact) mass is 250 g/mol. The topological polar surface area (TPSA) is 25.2 Å². The van der Waals surface area contributed by atoms with Crippen LogP contribution >= 0.6 is 0 Å². The van der Waals surface area contributed by atoms with Crippen LogP contribution in [0.15, 0.2) is 41.5 Å². The maximum absolute atomic E-state index is 4.56. The summed E-state index contributed by atoms with van der Waals surface area (Å²) in [5, 5.41) is 0. The molecule has 0 atom stereocenters. The molecule has 0 bridgehead atoms. The van der Waals surface area contributed by atoms with Crippen molar-refractivity contribution in [3.8, 4) is 11.1 Å². The van der Waals surface area contributed by atoms with Crippen LogP contribution in [0, 0.1) is 6.92 Å². The fraction of sp³-hybridized carbons (Fsp3) is 0.294. The van der Waals surface area contributed by atoms with Crippen LogP contribution in [0.3, 0.4) is 0 Å². The zero-order chi connectivity index (χ0) is 13.6. The average molecular weight is 250 g/mol. The largest absolute Gasteiger partial charge is 0.237 e. The lowest BCUT2D eigenvalue weighted by atomic mass is 9.82. The Labute approximate surface area is 114 Å². The van der Waals surface area contributed by atoms with E-state index in [2.05, 4.69) is 68.0 Å². The fourth-order valence-electron chi connectivity index (χ4n) is 2.40. The van der Waals surface area contributed by atoms with Crippen LogP contribution in [0.5, 0.6) is 0 Å². The first kappa shape index (κ1) is 12.1. The second kappa shape index (κ2) is 4.02. The molecular formula is C17H18N2. The van der Waals surface area contributed by atoms with Gasteiger partial charge in [0, 0.05) is 28.5 Å². The summed E-state index contributed by atoms with van der Waals surface area (Å²) in [5.41, 5.74) is 6.00. The van der Waals surface area contributed by atoms with E-state index >= 15 is 0 Å². The summed E-state index contributed by atoms with van der Waals surface area (Å²) in [6.45, 7) is 8.59. The number of rotatable bonds is 1. The molecule has 2 aromatic rings. The molecule has 0 N–H and O–H groups in total. The van der Waals surface area contributed by atoms with Gasteiger partial charge in [-0.1, -0.05) is 43.7 Å².